The molecule has 1 amide bonds. The van der Waals surface area contributed by atoms with E-state index in [1.165, 1.54) is 24.2 Å². The van der Waals surface area contributed by atoms with Crippen molar-refractivity contribution >= 4 is 29.4 Å². The smallest absolute Gasteiger partial charge is 0.340 e. The molecule has 0 heterocycles. The van der Waals surface area contributed by atoms with Crippen LogP contribution in [0.25, 0.3) is 0 Å². The first-order chi connectivity index (χ1) is 14.0. The van der Waals surface area contributed by atoms with Crippen LogP contribution in [0.1, 0.15) is 54.2 Å². The number of nitrogens with one attached hydrogen (secondary N) is 1. The molecule has 0 unspecified atom stereocenters. The Bertz CT molecular complexity index is 911. The summed E-state index contributed by atoms with van der Waals surface area (Å²) >= 11 is 1.29. The normalized spacial score (nSPS) is 16.4. The third kappa shape index (κ3) is 5.48. The van der Waals surface area contributed by atoms with E-state index in [1.807, 2.05) is 18.2 Å². The molecular formula is C23H25NO4S. The van der Waals surface area contributed by atoms with Gasteiger partial charge in [0.15, 0.2) is 6.10 Å². The predicted molar refractivity (Wildman–Crippen MR) is 113 cm³/mol. The Morgan fingerprint density at radius 2 is 1.86 bits per heavy atom. The lowest BCUT2D eigenvalue weighted by Crippen LogP contribution is -2.39. The van der Waals surface area contributed by atoms with E-state index in [4.69, 9.17) is 4.74 Å². The number of aryl methyl sites for hydroxylation is 1. The fourth-order valence-electron chi connectivity index (χ4n) is 3.41. The Hall–Kier alpha value is -2.60. The third-order valence-electron chi connectivity index (χ3n) is 4.88. The van der Waals surface area contributed by atoms with E-state index >= 15 is 0 Å². The first-order valence-electron chi connectivity index (χ1n) is 9.76. The van der Waals surface area contributed by atoms with Gasteiger partial charge in [0.1, 0.15) is 5.78 Å². The summed E-state index contributed by atoms with van der Waals surface area (Å²) in [5.41, 5.74) is 2.75. The molecule has 0 saturated carbocycles. The number of carbonyl (C=O) groups excluding carboxylic acids is 3. The van der Waals surface area contributed by atoms with Gasteiger partial charge in [-0.25, -0.2) is 4.79 Å². The molecule has 2 atom stereocenters. The third-order valence-corrected chi connectivity index (χ3v) is 6.09. The number of amides is 1. The minimum atomic E-state index is -0.914. The maximum atomic E-state index is 12.6. The van der Waals surface area contributed by atoms with E-state index < -0.39 is 12.1 Å². The van der Waals surface area contributed by atoms with Crippen LogP contribution in [0.15, 0.2) is 53.4 Å². The molecule has 0 saturated heterocycles. The number of rotatable bonds is 7. The SMILES string of the molecule is CC(=O)CSc1ccccc1C(=O)O[C@@H](C)C(=O)N[C@@H]1CCCc2ccccc21. The van der Waals surface area contributed by atoms with E-state index in [0.29, 0.717) is 10.5 Å². The number of thioether (sulfide) groups is 1. The number of hydrogen-bond acceptors (Lipinski definition) is 5. The zero-order valence-corrected chi connectivity index (χ0v) is 17.5. The number of esters is 1. The van der Waals surface area contributed by atoms with E-state index in [9.17, 15) is 14.4 Å². The highest BCUT2D eigenvalue weighted by molar-refractivity contribution is 8.00. The maximum Gasteiger partial charge on any atom is 0.340 e. The van der Waals surface area contributed by atoms with Gasteiger partial charge < -0.3 is 10.1 Å². The molecule has 2 aromatic carbocycles. The van der Waals surface area contributed by atoms with Crippen LogP contribution in [0.2, 0.25) is 0 Å². The van der Waals surface area contributed by atoms with Crippen LogP contribution in [-0.2, 0) is 20.7 Å². The van der Waals surface area contributed by atoms with E-state index in [-0.39, 0.29) is 23.5 Å². The predicted octanol–water partition coefficient (Wildman–Crippen LogP) is 4.11. The number of ketones is 1. The molecule has 152 valence electrons. The minimum absolute atomic E-state index is 0.0266. The molecular weight excluding hydrogens is 386 g/mol. The van der Waals surface area contributed by atoms with Crippen LogP contribution in [0, 0.1) is 0 Å². The molecule has 0 spiro atoms. The first-order valence-corrected chi connectivity index (χ1v) is 10.7. The largest absolute Gasteiger partial charge is 0.449 e. The second kappa shape index (κ2) is 9.74. The molecule has 2 aromatic rings. The van der Waals surface area contributed by atoms with Gasteiger partial charge in [0.05, 0.1) is 17.4 Å². The average Bonchev–Trinajstić information content (AvgIpc) is 2.72. The summed E-state index contributed by atoms with van der Waals surface area (Å²) in [5.74, 6) is -0.572. The molecule has 6 heteroatoms. The fourth-order valence-corrected chi connectivity index (χ4v) is 4.25. The van der Waals surface area contributed by atoms with Crippen LogP contribution < -0.4 is 5.32 Å². The minimum Gasteiger partial charge on any atom is -0.449 e. The van der Waals surface area contributed by atoms with Crippen molar-refractivity contribution in [1.82, 2.24) is 5.32 Å². The molecule has 0 radical (unpaired) electrons. The van der Waals surface area contributed by atoms with Gasteiger partial charge >= 0.3 is 5.97 Å². The molecule has 0 aliphatic heterocycles. The summed E-state index contributed by atoms with van der Waals surface area (Å²) in [6.07, 6.45) is 1.98. The Balaban J connectivity index is 1.63. The average molecular weight is 412 g/mol. The van der Waals surface area contributed by atoms with Crippen molar-refractivity contribution in [1.29, 1.82) is 0 Å². The van der Waals surface area contributed by atoms with Gasteiger partial charge in [0, 0.05) is 4.90 Å². The van der Waals surface area contributed by atoms with Crippen molar-refractivity contribution < 1.29 is 19.1 Å². The van der Waals surface area contributed by atoms with Crippen molar-refractivity contribution in [2.24, 2.45) is 0 Å². The topological polar surface area (TPSA) is 72.5 Å². The van der Waals surface area contributed by atoms with Crippen molar-refractivity contribution in [3.8, 4) is 0 Å². The number of ether oxygens (including phenoxy) is 1. The van der Waals surface area contributed by atoms with Crippen molar-refractivity contribution in [2.45, 2.75) is 50.2 Å². The second-order valence-electron chi connectivity index (χ2n) is 7.19. The van der Waals surface area contributed by atoms with Crippen LogP contribution in [-0.4, -0.2) is 29.5 Å². The summed E-state index contributed by atoms with van der Waals surface area (Å²) in [5, 5.41) is 3.02. The molecule has 1 aliphatic rings. The number of Topliss-reactive ketones (excluding diaryl/α,β-unsaturated/α-hetero) is 1. The van der Waals surface area contributed by atoms with Crippen LogP contribution in [0.4, 0.5) is 0 Å². The van der Waals surface area contributed by atoms with Gasteiger partial charge in [0.2, 0.25) is 0 Å². The highest BCUT2D eigenvalue weighted by Crippen LogP contribution is 2.29. The highest BCUT2D eigenvalue weighted by atomic mass is 32.2. The van der Waals surface area contributed by atoms with Gasteiger partial charge in [-0.15, -0.1) is 11.8 Å². The Morgan fingerprint density at radius 1 is 1.14 bits per heavy atom. The molecule has 0 aromatic heterocycles. The van der Waals surface area contributed by atoms with Gasteiger partial charge in [-0.1, -0.05) is 36.4 Å². The lowest BCUT2D eigenvalue weighted by atomic mass is 9.87. The highest BCUT2D eigenvalue weighted by Gasteiger charge is 2.26. The Kier molecular flexibility index (Phi) is 7.09. The summed E-state index contributed by atoms with van der Waals surface area (Å²) in [6, 6.07) is 15.0. The monoisotopic (exact) mass is 411 g/mol. The summed E-state index contributed by atoms with van der Waals surface area (Å²) in [4.78, 5) is 37.2. The molecule has 5 nitrogen and oxygen atoms in total. The van der Waals surface area contributed by atoms with E-state index in [1.54, 1.807) is 31.2 Å². The summed E-state index contributed by atoms with van der Waals surface area (Å²) < 4.78 is 5.43. The molecule has 3 rings (SSSR count). The lowest BCUT2D eigenvalue weighted by molar-refractivity contribution is -0.130. The Labute approximate surface area is 175 Å². The number of hydrogen-bond donors (Lipinski definition) is 1. The molecule has 1 N–H and O–H groups in total. The molecule has 29 heavy (non-hydrogen) atoms. The van der Waals surface area contributed by atoms with Gasteiger partial charge in [-0.05, 0) is 56.4 Å². The molecule has 0 bridgehead atoms. The van der Waals surface area contributed by atoms with Crippen molar-refractivity contribution in [2.75, 3.05) is 5.75 Å². The molecule has 1 aliphatic carbocycles. The van der Waals surface area contributed by atoms with E-state index in [0.717, 1.165) is 24.8 Å². The van der Waals surface area contributed by atoms with Crippen LogP contribution >= 0.6 is 11.8 Å². The van der Waals surface area contributed by atoms with E-state index in [2.05, 4.69) is 11.4 Å². The zero-order valence-electron chi connectivity index (χ0n) is 16.6. The fraction of sp³-hybridized carbons (Fsp3) is 0.348. The number of fused-ring (bicyclic) bond motifs is 1. The number of benzene rings is 2. The van der Waals surface area contributed by atoms with Gasteiger partial charge in [0.25, 0.3) is 5.91 Å². The van der Waals surface area contributed by atoms with Crippen molar-refractivity contribution in [3.05, 3.63) is 65.2 Å². The summed E-state index contributed by atoms with van der Waals surface area (Å²) in [6.45, 7) is 3.08. The van der Waals surface area contributed by atoms with Gasteiger partial charge in [-0.3, -0.25) is 9.59 Å². The van der Waals surface area contributed by atoms with Crippen molar-refractivity contribution in [3.63, 3.8) is 0 Å². The van der Waals surface area contributed by atoms with Crippen LogP contribution in [0.5, 0.6) is 0 Å². The van der Waals surface area contributed by atoms with Gasteiger partial charge in [-0.2, -0.15) is 0 Å². The maximum absolute atomic E-state index is 12.6. The summed E-state index contributed by atoms with van der Waals surface area (Å²) in [7, 11) is 0. The van der Waals surface area contributed by atoms with Crippen LogP contribution in [0.3, 0.4) is 0 Å². The Morgan fingerprint density at radius 3 is 2.66 bits per heavy atom. The number of carbonyl (C=O) groups is 3. The quantitative estimate of drug-likeness (QED) is 0.548. The molecule has 0 fully saturated rings. The standard InChI is InChI=1S/C23H25NO4S/c1-15(25)14-29-21-13-6-5-11-19(21)23(27)28-16(2)22(26)24-20-12-7-9-17-8-3-4-10-18(17)20/h3-6,8,10-11,13,16,20H,7,9,12,14H2,1-2H3,(H,24,26)/t16-,20+/m0/s1. The lowest BCUT2D eigenvalue weighted by Gasteiger charge is -2.27. The second-order valence-corrected chi connectivity index (χ2v) is 8.20. The zero-order chi connectivity index (χ0) is 20.8. The first kappa shape index (κ1) is 21.1.